The average molecular weight is 316 g/mol. The largest absolute Gasteiger partial charge is 0.378 e. The number of anilines is 2. The van der Waals surface area contributed by atoms with E-state index in [2.05, 4.69) is 20.6 Å². The van der Waals surface area contributed by atoms with Crippen molar-refractivity contribution in [3.63, 3.8) is 0 Å². The highest BCUT2D eigenvalue weighted by Crippen LogP contribution is 2.17. The lowest BCUT2D eigenvalue weighted by Gasteiger charge is -2.12. The number of hydrogen-bond donors (Lipinski definition) is 1. The molecule has 0 saturated heterocycles. The molecular weight excluding hydrogens is 300 g/mol. The van der Waals surface area contributed by atoms with Crippen LogP contribution in [-0.2, 0) is 11.2 Å². The summed E-state index contributed by atoms with van der Waals surface area (Å²) in [6.45, 7) is 0. The van der Waals surface area contributed by atoms with Gasteiger partial charge in [-0.15, -0.1) is 10.2 Å². The predicted molar refractivity (Wildman–Crippen MR) is 86.4 cm³/mol. The van der Waals surface area contributed by atoms with Crippen molar-refractivity contribution in [3.8, 4) is 0 Å². The predicted octanol–water partition coefficient (Wildman–Crippen LogP) is 1.82. The van der Waals surface area contributed by atoms with Gasteiger partial charge in [0.15, 0.2) is 0 Å². The maximum Gasteiger partial charge on any atom is 0.234 e. The number of nitrogens with zero attached hydrogens (tertiary/aromatic N) is 5. The van der Waals surface area contributed by atoms with Crippen LogP contribution in [-0.4, -0.2) is 39.8 Å². The molecule has 1 aromatic carbocycles. The van der Waals surface area contributed by atoms with E-state index in [0.29, 0.717) is 12.8 Å². The zero-order valence-electron chi connectivity index (χ0n) is 12.4. The third-order valence-electron chi connectivity index (χ3n) is 3.16. The van der Waals surface area contributed by atoms with Gasteiger partial charge >= 0.3 is 0 Å². The van der Waals surface area contributed by atoms with Gasteiger partial charge in [-0.3, -0.25) is 4.79 Å². The highest BCUT2D eigenvalue weighted by atomic mass is 32.1. The van der Waals surface area contributed by atoms with Crippen molar-refractivity contribution in [2.24, 2.45) is 0 Å². The number of aryl methyl sites for hydroxylation is 1. The van der Waals surface area contributed by atoms with Crippen LogP contribution >= 0.6 is 11.3 Å². The third-order valence-corrected chi connectivity index (χ3v) is 4.13. The number of nitrogens with one attached hydrogen (secondary N) is 1. The summed E-state index contributed by atoms with van der Waals surface area (Å²) in [5, 5.41) is 15.7. The molecule has 2 aromatic heterocycles. The smallest absolute Gasteiger partial charge is 0.234 e. The minimum atomic E-state index is -0.0245. The fourth-order valence-electron chi connectivity index (χ4n) is 1.99. The van der Waals surface area contributed by atoms with Crippen LogP contribution in [0.1, 0.15) is 11.4 Å². The first-order chi connectivity index (χ1) is 10.6. The number of amides is 1. The molecular formula is C14H16N6OS. The average Bonchev–Trinajstić information content (AvgIpc) is 3.06. The van der Waals surface area contributed by atoms with E-state index in [4.69, 9.17) is 0 Å². The summed E-state index contributed by atoms with van der Waals surface area (Å²) in [4.78, 5) is 14.7. The summed E-state index contributed by atoms with van der Waals surface area (Å²) >= 11 is 1.45. The molecule has 2 heterocycles. The molecule has 22 heavy (non-hydrogen) atoms. The fraction of sp³-hybridized carbons (Fsp3) is 0.286. The van der Waals surface area contributed by atoms with Crippen LogP contribution in [0.2, 0.25) is 0 Å². The van der Waals surface area contributed by atoms with Gasteiger partial charge < -0.3 is 10.2 Å². The van der Waals surface area contributed by atoms with Gasteiger partial charge in [0.25, 0.3) is 0 Å². The Labute approximate surface area is 131 Å². The topological polar surface area (TPSA) is 75.4 Å². The van der Waals surface area contributed by atoms with Crippen LogP contribution in [0.25, 0.3) is 4.96 Å². The van der Waals surface area contributed by atoms with Gasteiger partial charge in [0.2, 0.25) is 10.9 Å². The first-order valence-electron chi connectivity index (χ1n) is 6.85. The lowest BCUT2D eigenvalue weighted by atomic mass is 10.2. The van der Waals surface area contributed by atoms with Crippen LogP contribution < -0.4 is 10.2 Å². The lowest BCUT2D eigenvalue weighted by Crippen LogP contribution is -2.13. The summed E-state index contributed by atoms with van der Waals surface area (Å²) in [5.41, 5.74) is 1.89. The molecule has 0 aliphatic carbocycles. The first-order valence-corrected chi connectivity index (χ1v) is 7.66. The zero-order chi connectivity index (χ0) is 15.5. The molecule has 0 fully saturated rings. The Morgan fingerprint density at radius 3 is 2.77 bits per heavy atom. The number of aromatic nitrogens is 4. The van der Waals surface area contributed by atoms with Gasteiger partial charge in [-0.05, 0) is 24.3 Å². The molecule has 1 N–H and O–H groups in total. The van der Waals surface area contributed by atoms with Crippen LogP contribution in [0.4, 0.5) is 11.4 Å². The molecule has 0 saturated carbocycles. The first kappa shape index (κ1) is 14.5. The van der Waals surface area contributed by atoms with Crippen molar-refractivity contribution < 1.29 is 4.79 Å². The van der Waals surface area contributed by atoms with Gasteiger partial charge in [0.1, 0.15) is 11.3 Å². The number of carbonyl (C=O) groups excluding carboxylic acids is 1. The van der Waals surface area contributed by atoms with Gasteiger partial charge in [-0.2, -0.15) is 9.61 Å². The van der Waals surface area contributed by atoms with Crippen molar-refractivity contribution in [1.82, 2.24) is 19.8 Å². The Kier molecular flexibility index (Phi) is 4.01. The Bertz CT molecular complexity index is 748. The monoisotopic (exact) mass is 316 g/mol. The molecule has 0 bridgehead atoms. The maximum atomic E-state index is 12.0. The summed E-state index contributed by atoms with van der Waals surface area (Å²) in [6, 6.07) is 7.74. The summed E-state index contributed by atoms with van der Waals surface area (Å²) in [6.07, 6.45) is 2.54. The Hall–Kier alpha value is -2.48. The maximum absolute atomic E-state index is 12.0. The summed E-state index contributed by atoms with van der Waals surface area (Å²) in [5.74, 6) is -0.0245. The van der Waals surface area contributed by atoms with Crippen LogP contribution in [0.15, 0.2) is 30.6 Å². The van der Waals surface area contributed by atoms with Crippen molar-refractivity contribution in [3.05, 3.63) is 35.6 Å². The number of fused-ring (bicyclic) bond motifs is 1. The van der Waals surface area contributed by atoms with E-state index < -0.39 is 0 Å². The molecule has 0 aliphatic heterocycles. The molecule has 0 aliphatic rings. The highest BCUT2D eigenvalue weighted by Gasteiger charge is 2.08. The van der Waals surface area contributed by atoms with Gasteiger partial charge in [0.05, 0.1) is 0 Å². The van der Waals surface area contributed by atoms with Crippen LogP contribution in [0.3, 0.4) is 0 Å². The van der Waals surface area contributed by atoms with E-state index in [-0.39, 0.29) is 5.91 Å². The molecule has 0 radical (unpaired) electrons. The normalized spacial score (nSPS) is 10.8. The van der Waals surface area contributed by atoms with Gasteiger partial charge in [0, 0.05) is 38.3 Å². The summed E-state index contributed by atoms with van der Waals surface area (Å²) < 4.78 is 1.62. The number of carbonyl (C=O) groups is 1. The van der Waals surface area contributed by atoms with Crippen LogP contribution in [0, 0.1) is 0 Å². The second kappa shape index (κ2) is 6.10. The molecule has 8 heteroatoms. The standard InChI is InChI=1S/C14H16N6OS/c1-19(2)11-5-3-10(4-6-11)16-12(21)7-8-13-18-20-9-15-17-14(20)22-13/h3-6,9H,7-8H2,1-2H3,(H,16,21). The molecule has 0 atom stereocenters. The second-order valence-electron chi connectivity index (χ2n) is 5.04. The SMILES string of the molecule is CN(C)c1ccc(NC(=O)CCc2nn3cnnc3s2)cc1. The van der Waals surface area contributed by atoms with Crippen molar-refractivity contribution in [2.45, 2.75) is 12.8 Å². The van der Waals surface area contributed by atoms with Gasteiger partial charge in [-0.1, -0.05) is 11.3 Å². The zero-order valence-corrected chi connectivity index (χ0v) is 13.2. The number of hydrogen-bond acceptors (Lipinski definition) is 6. The lowest BCUT2D eigenvalue weighted by molar-refractivity contribution is -0.116. The highest BCUT2D eigenvalue weighted by molar-refractivity contribution is 7.16. The molecule has 3 aromatic rings. The molecule has 0 unspecified atom stereocenters. The Morgan fingerprint density at radius 1 is 1.32 bits per heavy atom. The number of rotatable bonds is 5. The van der Waals surface area contributed by atoms with E-state index in [1.807, 2.05) is 43.3 Å². The molecule has 3 rings (SSSR count). The van der Waals surface area contributed by atoms with E-state index in [1.165, 1.54) is 11.3 Å². The molecule has 114 valence electrons. The minimum Gasteiger partial charge on any atom is -0.378 e. The van der Waals surface area contributed by atoms with E-state index >= 15 is 0 Å². The molecule has 0 spiro atoms. The van der Waals surface area contributed by atoms with E-state index in [9.17, 15) is 4.79 Å². The van der Waals surface area contributed by atoms with Crippen LogP contribution in [0.5, 0.6) is 0 Å². The Morgan fingerprint density at radius 2 is 2.09 bits per heavy atom. The fourth-order valence-corrected chi connectivity index (χ4v) is 2.80. The molecule has 7 nitrogen and oxygen atoms in total. The van der Waals surface area contributed by atoms with Crippen molar-refractivity contribution in [2.75, 3.05) is 24.3 Å². The second-order valence-corrected chi connectivity index (χ2v) is 6.08. The van der Waals surface area contributed by atoms with Gasteiger partial charge in [-0.25, -0.2) is 0 Å². The Balaban J connectivity index is 1.54. The molecule has 1 amide bonds. The third kappa shape index (κ3) is 3.22. The number of benzene rings is 1. The van der Waals surface area contributed by atoms with E-state index in [0.717, 1.165) is 21.3 Å². The van der Waals surface area contributed by atoms with Crippen molar-refractivity contribution >= 4 is 33.6 Å². The summed E-state index contributed by atoms with van der Waals surface area (Å²) in [7, 11) is 3.96. The quantitative estimate of drug-likeness (QED) is 0.777. The van der Waals surface area contributed by atoms with E-state index in [1.54, 1.807) is 10.8 Å². The van der Waals surface area contributed by atoms with Crippen molar-refractivity contribution in [1.29, 1.82) is 0 Å². The minimum absolute atomic E-state index is 0.0245.